The zero-order valence-electron chi connectivity index (χ0n) is 25.9. The number of amides is 1. The highest BCUT2D eigenvalue weighted by Crippen LogP contribution is 2.29. The molecule has 1 aromatic carbocycles. The fourth-order valence-electron chi connectivity index (χ4n) is 4.34. The van der Waals surface area contributed by atoms with Gasteiger partial charge >= 0.3 is 29.8 Å². The Labute approximate surface area is 262 Å². The summed E-state index contributed by atoms with van der Waals surface area (Å²) in [5.74, 6) is -4.02. The lowest BCUT2D eigenvalue weighted by molar-refractivity contribution is -0.280. The van der Waals surface area contributed by atoms with Gasteiger partial charge in [-0.2, -0.15) is 0 Å². The first-order chi connectivity index (χ1) is 21.8. The summed E-state index contributed by atoms with van der Waals surface area (Å²) in [5.41, 5.74) is 0.703. The second-order valence-electron chi connectivity index (χ2n) is 9.72. The van der Waals surface area contributed by atoms with Crippen molar-refractivity contribution >= 4 is 35.8 Å². The van der Waals surface area contributed by atoms with Crippen LogP contribution in [0.15, 0.2) is 24.4 Å². The van der Waals surface area contributed by atoms with Crippen molar-refractivity contribution in [3.8, 4) is 11.4 Å². The molecule has 46 heavy (non-hydrogen) atoms. The molecule has 2 heterocycles. The Morgan fingerprint density at radius 1 is 0.935 bits per heavy atom. The molecule has 1 aliphatic heterocycles. The lowest BCUT2D eigenvalue weighted by Crippen LogP contribution is -2.66. The zero-order valence-corrected chi connectivity index (χ0v) is 25.9. The molecule has 0 aliphatic carbocycles. The maximum Gasteiger partial charge on any atom is 0.343 e. The Kier molecular flexibility index (Phi) is 12.5. The number of nitrogens with one attached hydrogen (secondary N) is 1. The molecule has 18 heteroatoms. The molecule has 1 amide bonds. The van der Waals surface area contributed by atoms with E-state index in [-0.39, 0.29) is 23.6 Å². The second-order valence-corrected chi connectivity index (χ2v) is 9.72. The largest absolute Gasteiger partial charge is 0.481 e. The van der Waals surface area contributed by atoms with Gasteiger partial charge < -0.3 is 43.2 Å². The number of esters is 5. The smallest absolute Gasteiger partial charge is 0.343 e. The molecule has 3 rings (SSSR count). The monoisotopic (exact) mass is 650 g/mol. The van der Waals surface area contributed by atoms with Gasteiger partial charge in [-0.25, -0.2) is 14.3 Å². The molecule has 1 aliphatic rings. The number of aromatic nitrogens is 3. The maximum atomic E-state index is 12.2. The third kappa shape index (κ3) is 9.70. The van der Waals surface area contributed by atoms with Gasteiger partial charge in [-0.3, -0.25) is 19.2 Å². The molecular weight excluding hydrogens is 616 g/mol. The number of ether oxygens (including phenoxy) is 8. The van der Waals surface area contributed by atoms with Crippen LogP contribution >= 0.6 is 0 Å². The second kappa shape index (κ2) is 16.3. The molecular formula is C28H34N4O14. The summed E-state index contributed by atoms with van der Waals surface area (Å²) in [5, 5.41) is 10.7. The van der Waals surface area contributed by atoms with E-state index in [9.17, 15) is 28.8 Å². The van der Waals surface area contributed by atoms with Gasteiger partial charge in [0.2, 0.25) is 5.91 Å². The third-order valence-corrected chi connectivity index (χ3v) is 6.22. The zero-order chi connectivity index (χ0) is 34.0. The Hall–Kier alpha value is -5.10. The van der Waals surface area contributed by atoms with E-state index in [2.05, 4.69) is 20.4 Å². The highest BCUT2D eigenvalue weighted by atomic mass is 16.7. The lowest BCUT2D eigenvalue weighted by Gasteiger charge is -2.44. The SMILES string of the molecule is COC(=O)COc1cc(-n2cc(CO[C@H]3O[C@H](COC(C)=O)[C@@H](OC(C)=O)[C@H](OC(C)=O)[C@@H]3NC(C)=O)nn2)ccc1C(=O)OC. The van der Waals surface area contributed by atoms with E-state index in [1.165, 1.54) is 57.1 Å². The number of methoxy groups -OCH3 is 2. The molecule has 0 saturated carbocycles. The van der Waals surface area contributed by atoms with Crippen molar-refractivity contribution in [1.29, 1.82) is 0 Å². The van der Waals surface area contributed by atoms with E-state index < -0.39 is 79.6 Å². The van der Waals surface area contributed by atoms with Crippen LogP contribution in [0.25, 0.3) is 5.69 Å². The van der Waals surface area contributed by atoms with Crippen molar-refractivity contribution in [2.75, 3.05) is 27.4 Å². The fraction of sp³-hybridized carbons (Fsp3) is 0.500. The first kappa shape index (κ1) is 35.4. The van der Waals surface area contributed by atoms with Gasteiger partial charge in [-0.05, 0) is 12.1 Å². The highest BCUT2D eigenvalue weighted by molar-refractivity contribution is 5.93. The standard InChI is InChI=1S/C28H34N4O14/c1-14(33)29-24-26(45-17(4)36)25(44-16(3)35)22(12-41-15(2)34)46-28(24)43-11-18-10-32(31-30-18)19-7-8-20(27(38)40-6)21(9-19)42-13-23(37)39-5/h7-10,22,24-26,28H,11-13H2,1-6H3,(H,29,33)/t22-,24+,25-,26-,28+/m1/s1. The molecule has 5 atom stereocenters. The Morgan fingerprint density at radius 2 is 1.63 bits per heavy atom. The Balaban J connectivity index is 1.87. The number of benzene rings is 1. The van der Waals surface area contributed by atoms with Gasteiger partial charge in [0.1, 0.15) is 35.8 Å². The first-order valence-electron chi connectivity index (χ1n) is 13.7. The first-order valence-corrected chi connectivity index (χ1v) is 13.7. The molecule has 0 unspecified atom stereocenters. The summed E-state index contributed by atoms with van der Waals surface area (Å²) in [7, 11) is 2.38. The molecule has 18 nitrogen and oxygen atoms in total. The van der Waals surface area contributed by atoms with Gasteiger partial charge in [-0.1, -0.05) is 5.21 Å². The normalized spacial score (nSPS) is 20.5. The molecule has 1 N–H and O–H groups in total. The van der Waals surface area contributed by atoms with Crippen molar-refractivity contribution in [3.63, 3.8) is 0 Å². The van der Waals surface area contributed by atoms with Gasteiger partial charge in [-0.15, -0.1) is 5.10 Å². The van der Waals surface area contributed by atoms with Crippen molar-refractivity contribution in [3.05, 3.63) is 35.7 Å². The van der Waals surface area contributed by atoms with Gasteiger partial charge in [0, 0.05) is 33.8 Å². The predicted molar refractivity (Wildman–Crippen MR) is 149 cm³/mol. The maximum absolute atomic E-state index is 12.2. The topological polar surface area (TPSA) is 219 Å². The summed E-state index contributed by atoms with van der Waals surface area (Å²) in [6.45, 7) is 3.53. The molecule has 1 saturated heterocycles. The number of carbonyl (C=O) groups is 6. The van der Waals surface area contributed by atoms with Crippen LogP contribution in [0.3, 0.4) is 0 Å². The summed E-state index contributed by atoms with van der Waals surface area (Å²) in [6.07, 6.45) is -3.56. The van der Waals surface area contributed by atoms with Crippen molar-refractivity contribution in [2.24, 2.45) is 0 Å². The number of hydrogen-bond donors (Lipinski definition) is 1. The Bertz CT molecular complexity index is 1440. The van der Waals surface area contributed by atoms with E-state index in [4.69, 9.17) is 33.2 Å². The van der Waals surface area contributed by atoms with Crippen LogP contribution in [0.5, 0.6) is 5.75 Å². The molecule has 2 aromatic rings. The lowest BCUT2D eigenvalue weighted by atomic mass is 9.96. The van der Waals surface area contributed by atoms with E-state index in [0.717, 1.165) is 13.8 Å². The van der Waals surface area contributed by atoms with Crippen LogP contribution in [-0.4, -0.2) is 109 Å². The molecule has 0 radical (unpaired) electrons. The van der Waals surface area contributed by atoms with E-state index in [1.807, 2.05) is 0 Å². The summed E-state index contributed by atoms with van der Waals surface area (Å²) in [4.78, 5) is 71.4. The van der Waals surface area contributed by atoms with E-state index in [1.54, 1.807) is 0 Å². The third-order valence-electron chi connectivity index (χ3n) is 6.22. The van der Waals surface area contributed by atoms with Crippen molar-refractivity contribution in [2.45, 2.75) is 64.9 Å². The minimum Gasteiger partial charge on any atom is -0.481 e. The van der Waals surface area contributed by atoms with Crippen LogP contribution in [0.4, 0.5) is 0 Å². The van der Waals surface area contributed by atoms with Crippen LogP contribution < -0.4 is 10.1 Å². The van der Waals surface area contributed by atoms with Gasteiger partial charge in [0.15, 0.2) is 25.1 Å². The Morgan fingerprint density at radius 3 is 2.24 bits per heavy atom. The fourth-order valence-corrected chi connectivity index (χ4v) is 4.34. The average Bonchev–Trinajstić information content (AvgIpc) is 3.48. The minimum absolute atomic E-state index is 0.0227. The molecule has 0 spiro atoms. The van der Waals surface area contributed by atoms with Crippen LogP contribution in [-0.2, 0) is 63.7 Å². The van der Waals surface area contributed by atoms with E-state index in [0.29, 0.717) is 5.69 Å². The molecule has 250 valence electrons. The van der Waals surface area contributed by atoms with E-state index >= 15 is 0 Å². The minimum atomic E-state index is -1.32. The number of carbonyl (C=O) groups excluding carboxylic acids is 6. The summed E-state index contributed by atoms with van der Waals surface area (Å²) in [6, 6.07) is 3.21. The molecule has 1 aromatic heterocycles. The van der Waals surface area contributed by atoms with Gasteiger partial charge in [0.25, 0.3) is 0 Å². The van der Waals surface area contributed by atoms with Gasteiger partial charge in [0.05, 0.1) is 32.7 Å². The predicted octanol–water partition coefficient (Wildman–Crippen LogP) is -0.222. The van der Waals surface area contributed by atoms with Crippen molar-refractivity contribution < 1.29 is 66.7 Å². The molecule has 1 fully saturated rings. The summed E-state index contributed by atoms with van der Waals surface area (Å²) < 4.78 is 43.9. The van der Waals surface area contributed by atoms with Crippen LogP contribution in [0.2, 0.25) is 0 Å². The van der Waals surface area contributed by atoms with Crippen LogP contribution in [0.1, 0.15) is 43.7 Å². The average molecular weight is 651 g/mol. The number of hydrogen-bond acceptors (Lipinski definition) is 16. The number of nitrogens with zero attached hydrogens (tertiary/aromatic N) is 3. The van der Waals surface area contributed by atoms with Crippen molar-refractivity contribution in [1.82, 2.24) is 20.3 Å². The number of rotatable bonds is 13. The molecule has 0 bridgehead atoms. The van der Waals surface area contributed by atoms with Crippen LogP contribution in [0, 0.1) is 0 Å². The summed E-state index contributed by atoms with van der Waals surface area (Å²) >= 11 is 0. The highest BCUT2D eigenvalue weighted by Gasteiger charge is 2.51. The quantitative estimate of drug-likeness (QED) is 0.219.